The number of benzene rings is 3. The zero-order chi connectivity index (χ0) is 21.6. The standard InChI is InChI=1S/C25H23N3O3/c1-2-31-21-15-13-18(14-16-21)17-28-23(19-9-5-3-6-10-19)22(25(30)27-28)26-24(29)20-11-7-4-8-12-20/h3-17,22-23H,2H2,1H3,(H-,26,27,29,30)/p+1/b28-17-/t22-,23-/m0/s1. The molecule has 0 aliphatic carbocycles. The fourth-order valence-corrected chi connectivity index (χ4v) is 3.62. The van der Waals surface area contributed by atoms with E-state index in [-0.39, 0.29) is 11.8 Å². The van der Waals surface area contributed by atoms with Crippen LogP contribution in [0.1, 0.15) is 34.5 Å². The molecule has 6 heteroatoms. The average Bonchev–Trinajstić information content (AvgIpc) is 3.11. The highest BCUT2D eigenvalue weighted by atomic mass is 16.5. The number of nitrogens with zero attached hydrogens (tertiary/aromatic N) is 1. The number of nitrogens with one attached hydrogen (secondary N) is 2. The van der Waals surface area contributed by atoms with Crippen molar-refractivity contribution in [2.24, 2.45) is 0 Å². The summed E-state index contributed by atoms with van der Waals surface area (Å²) in [5.41, 5.74) is 5.22. The number of carbonyl (C=O) groups excluding carboxylic acids is 2. The monoisotopic (exact) mass is 414 g/mol. The zero-order valence-corrected chi connectivity index (χ0v) is 17.2. The Labute approximate surface area is 181 Å². The van der Waals surface area contributed by atoms with E-state index in [0.717, 1.165) is 16.9 Å². The molecule has 1 heterocycles. The molecule has 1 saturated heterocycles. The molecule has 3 aromatic carbocycles. The smallest absolute Gasteiger partial charge is 0.304 e. The molecule has 4 rings (SSSR count). The first-order valence-corrected chi connectivity index (χ1v) is 10.2. The summed E-state index contributed by atoms with van der Waals surface area (Å²) in [6, 6.07) is 25.0. The summed E-state index contributed by atoms with van der Waals surface area (Å²) in [6.45, 7) is 2.54. The molecule has 0 bridgehead atoms. The van der Waals surface area contributed by atoms with Crippen molar-refractivity contribution in [1.29, 1.82) is 0 Å². The summed E-state index contributed by atoms with van der Waals surface area (Å²) in [7, 11) is 0. The van der Waals surface area contributed by atoms with E-state index >= 15 is 0 Å². The van der Waals surface area contributed by atoms with Gasteiger partial charge in [-0.1, -0.05) is 48.5 Å². The second-order valence-electron chi connectivity index (χ2n) is 7.19. The number of amides is 2. The number of ether oxygens (including phenoxy) is 1. The molecular formula is C25H24N3O3+. The molecule has 0 aromatic heterocycles. The Hall–Kier alpha value is -3.93. The van der Waals surface area contributed by atoms with Gasteiger partial charge in [0.25, 0.3) is 5.91 Å². The molecule has 0 saturated carbocycles. The largest absolute Gasteiger partial charge is 0.494 e. The van der Waals surface area contributed by atoms with Gasteiger partial charge in [-0.2, -0.15) is 0 Å². The van der Waals surface area contributed by atoms with E-state index in [1.54, 1.807) is 28.9 Å². The molecule has 6 nitrogen and oxygen atoms in total. The molecule has 156 valence electrons. The van der Waals surface area contributed by atoms with E-state index in [9.17, 15) is 9.59 Å². The van der Waals surface area contributed by atoms with Gasteiger partial charge in [0.05, 0.1) is 6.61 Å². The topological polar surface area (TPSA) is 70.4 Å². The van der Waals surface area contributed by atoms with Crippen LogP contribution in [0.3, 0.4) is 0 Å². The summed E-state index contributed by atoms with van der Waals surface area (Å²) in [5.74, 6) is 0.239. The highest BCUT2D eigenvalue weighted by Crippen LogP contribution is 2.25. The van der Waals surface area contributed by atoms with Crippen molar-refractivity contribution in [3.8, 4) is 5.75 Å². The first-order valence-electron chi connectivity index (χ1n) is 10.2. The second-order valence-corrected chi connectivity index (χ2v) is 7.19. The van der Waals surface area contributed by atoms with Crippen molar-refractivity contribution in [1.82, 2.24) is 10.7 Å². The van der Waals surface area contributed by atoms with E-state index in [1.807, 2.05) is 73.8 Å². The van der Waals surface area contributed by atoms with Crippen LogP contribution in [0.5, 0.6) is 5.75 Å². The van der Waals surface area contributed by atoms with Crippen LogP contribution in [0.15, 0.2) is 84.9 Å². The lowest BCUT2D eigenvalue weighted by Crippen LogP contribution is -2.42. The van der Waals surface area contributed by atoms with Gasteiger partial charge in [0.2, 0.25) is 12.3 Å². The van der Waals surface area contributed by atoms with Gasteiger partial charge in [-0.15, -0.1) is 10.1 Å². The van der Waals surface area contributed by atoms with Gasteiger partial charge in [0, 0.05) is 16.7 Å². The molecule has 0 unspecified atom stereocenters. The van der Waals surface area contributed by atoms with Gasteiger partial charge in [0.15, 0.2) is 6.04 Å². The van der Waals surface area contributed by atoms with Crippen molar-refractivity contribution in [3.63, 3.8) is 0 Å². The highest BCUT2D eigenvalue weighted by molar-refractivity contribution is 5.98. The molecule has 1 aliphatic heterocycles. The number of hydrogen-bond donors (Lipinski definition) is 2. The number of rotatable bonds is 6. The number of hydrogen-bond acceptors (Lipinski definition) is 3. The van der Waals surface area contributed by atoms with Crippen LogP contribution in [0.25, 0.3) is 0 Å². The minimum Gasteiger partial charge on any atom is -0.494 e. The molecule has 0 spiro atoms. The van der Waals surface area contributed by atoms with Gasteiger partial charge >= 0.3 is 5.91 Å². The summed E-state index contributed by atoms with van der Waals surface area (Å²) >= 11 is 0. The SMILES string of the molecule is CCOc1ccc(/C=[N+]2\NC(=O)[C@@H](NC(=O)c3ccccc3)[C@@H]2c2ccccc2)cc1. The van der Waals surface area contributed by atoms with Crippen LogP contribution in [-0.4, -0.2) is 35.4 Å². The molecule has 2 amide bonds. The van der Waals surface area contributed by atoms with Crippen LogP contribution in [0.2, 0.25) is 0 Å². The predicted molar refractivity (Wildman–Crippen MR) is 118 cm³/mol. The van der Waals surface area contributed by atoms with E-state index < -0.39 is 12.1 Å². The second kappa shape index (κ2) is 9.26. The fraction of sp³-hybridized carbons (Fsp3) is 0.160. The van der Waals surface area contributed by atoms with Crippen molar-refractivity contribution in [2.45, 2.75) is 19.0 Å². The van der Waals surface area contributed by atoms with Gasteiger partial charge in [-0.25, -0.2) is 0 Å². The fourth-order valence-electron chi connectivity index (χ4n) is 3.62. The van der Waals surface area contributed by atoms with Gasteiger partial charge in [-0.05, 0) is 43.3 Å². The van der Waals surface area contributed by atoms with Gasteiger partial charge in [0.1, 0.15) is 5.75 Å². The molecule has 1 aliphatic rings. The summed E-state index contributed by atoms with van der Waals surface area (Å²) in [4.78, 5) is 25.6. The number of carbonyl (C=O) groups is 2. The number of hydrazone groups is 1. The van der Waals surface area contributed by atoms with Crippen LogP contribution in [0.4, 0.5) is 0 Å². The molecule has 0 radical (unpaired) electrons. The van der Waals surface area contributed by atoms with Crippen molar-refractivity contribution < 1.29 is 19.0 Å². The van der Waals surface area contributed by atoms with E-state index in [0.29, 0.717) is 12.2 Å². The molecule has 1 fully saturated rings. The first-order chi connectivity index (χ1) is 15.2. The predicted octanol–water partition coefficient (Wildman–Crippen LogP) is 3.10. The Bertz CT molecular complexity index is 1080. The maximum atomic E-state index is 12.9. The third-order valence-corrected chi connectivity index (χ3v) is 5.08. The van der Waals surface area contributed by atoms with Gasteiger partial charge < -0.3 is 10.1 Å². The highest BCUT2D eigenvalue weighted by Gasteiger charge is 2.47. The Morgan fingerprint density at radius 2 is 1.65 bits per heavy atom. The average molecular weight is 414 g/mol. The third kappa shape index (κ3) is 4.64. The maximum Gasteiger partial charge on any atom is 0.304 e. The summed E-state index contributed by atoms with van der Waals surface area (Å²) in [5, 5.41) is 2.90. The van der Waals surface area contributed by atoms with E-state index in [2.05, 4.69) is 10.7 Å². The third-order valence-electron chi connectivity index (χ3n) is 5.08. The minimum atomic E-state index is -0.742. The van der Waals surface area contributed by atoms with Crippen molar-refractivity contribution >= 4 is 18.0 Å². The Balaban J connectivity index is 1.65. The molecule has 2 N–H and O–H groups in total. The normalized spacial score (nSPS) is 19.1. The van der Waals surface area contributed by atoms with Crippen LogP contribution in [-0.2, 0) is 4.79 Å². The van der Waals surface area contributed by atoms with Crippen LogP contribution < -0.4 is 15.5 Å². The quantitative estimate of drug-likeness (QED) is 0.609. The van der Waals surface area contributed by atoms with Gasteiger partial charge in [-0.3, -0.25) is 9.59 Å². The van der Waals surface area contributed by atoms with Crippen molar-refractivity contribution in [3.05, 3.63) is 102 Å². The molecule has 2 atom stereocenters. The molecular weight excluding hydrogens is 390 g/mol. The maximum absolute atomic E-state index is 12.9. The van der Waals surface area contributed by atoms with E-state index in [4.69, 9.17) is 4.74 Å². The Morgan fingerprint density at radius 3 is 2.29 bits per heavy atom. The van der Waals surface area contributed by atoms with Crippen LogP contribution in [0, 0.1) is 0 Å². The lowest BCUT2D eigenvalue weighted by atomic mass is 10.00. The van der Waals surface area contributed by atoms with Crippen molar-refractivity contribution in [2.75, 3.05) is 6.61 Å². The van der Waals surface area contributed by atoms with Crippen LogP contribution >= 0.6 is 0 Å². The minimum absolute atomic E-state index is 0.264. The molecule has 3 aromatic rings. The first kappa shape index (κ1) is 20.3. The summed E-state index contributed by atoms with van der Waals surface area (Å²) in [6.07, 6.45) is 1.86. The molecule has 31 heavy (non-hydrogen) atoms. The number of hydrazine groups is 1. The lowest BCUT2D eigenvalue weighted by molar-refractivity contribution is -0.596. The Kier molecular flexibility index (Phi) is 6.08. The Morgan fingerprint density at radius 1 is 1.00 bits per heavy atom. The van der Waals surface area contributed by atoms with E-state index in [1.165, 1.54) is 0 Å². The zero-order valence-electron chi connectivity index (χ0n) is 17.2. The lowest BCUT2D eigenvalue weighted by Gasteiger charge is -2.14. The summed E-state index contributed by atoms with van der Waals surface area (Å²) < 4.78 is 7.25.